The quantitative estimate of drug-likeness (QED) is 0.254. The predicted octanol–water partition coefficient (Wildman–Crippen LogP) is 4.70. The van der Waals surface area contributed by atoms with Crippen molar-refractivity contribution < 1.29 is 23.1 Å². The Kier molecular flexibility index (Phi) is 7.84. The highest BCUT2D eigenvalue weighted by atomic mass is 32.2. The van der Waals surface area contributed by atoms with E-state index in [1.165, 1.54) is 19.5 Å². The third-order valence-electron chi connectivity index (χ3n) is 5.17. The van der Waals surface area contributed by atoms with Crippen LogP contribution >= 0.6 is 11.3 Å². The summed E-state index contributed by atoms with van der Waals surface area (Å²) in [6, 6.07) is 16.3. The summed E-state index contributed by atoms with van der Waals surface area (Å²) in [6.07, 6.45) is 2.90. The molecule has 2 N–H and O–H groups in total. The number of thiazole rings is 1. The number of hydrogen-bond acceptors (Lipinski definition) is 8. The molecule has 184 valence electrons. The molecule has 0 bridgehead atoms. The Morgan fingerprint density at radius 2 is 1.81 bits per heavy atom. The van der Waals surface area contributed by atoms with E-state index in [2.05, 4.69) is 20.6 Å². The van der Waals surface area contributed by atoms with Crippen molar-refractivity contribution in [3.63, 3.8) is 0 Å². The molecule has 4 aromatic rings. The summed E-state index contributed by atoms with van der Waals surface area (Å²) in [5.74, 6) is 0.118. The summed E-state index contributed by atoms with van der Waals surface area (Å²) in [7, 11) is 1.48. The van der Waals surface area contributed by atoms with Crippen molar-refractivity contribution in [3.8, 4) is 5.75 Å². The number of urea groups is 1. The fourth-order valence-corrected chi connectivity index (χ4v) is 5.29. The first kappa shape index (κ1) is 25.2. The first-order valence-corrected chi connectivity index (χ1v) is 12.6. The van der Waals surface area contributed by atoms with Gasteiger partial charge in [-0.1, -0.05) is 29.8 Å². The number of ketones is 1. The van der Waals surface area contributed by atoms with E-state index in [-0.39, 0.29) is 10.9 Å². The van der Waals surface area contributed by atoms with Crippen LogP contribution in [0.3, 0.4) is 0 Å². The van der Waals surface area contributed by atoms with Gasteiger partial charge in [-0.3, -0.25) is 19.3 Å². The van der Waals surface area contributed by atoms with Crippen molar-refractivity contribution in [1.82, 2.24) is 9.97 Å². The lowest BCUT2D eigenvalue weighted by Crippen LogP contribution is -2.21. The van der Waals surface area contributed by atoms with Crippen LogP contribution in [0.4, 0.5) is 15.6 Å². The average molecular weight is 522 g/mol. The number of anilines is 2. The summed E-state index contributed by atoms with van der Waals surface area (Å²) in [5, 5.41) is 4.47. The van der Waals surface area contributed by atoms with Gasteiger partial charge in [0, 0.05) is 22.8 Å². The highest BCUT2D eigenvalue weighted by molar-refractivity contribution is 7.79. The second-order valence-corrected chi connectivity index (χ2v) is 9.68. The number of para-hydroxylation sites is 1. The minimum Gasteiger partial charge on any atom is -0.772 e. The fraction of sp³-hybridized carbons (Fsp3) is 0.120. The third-order valence-corrected chi connectivity index (χ3v) is 7.18. The highest BCUT2D eigenvalue weighted by Crippen LogP contribution is 2.32. The van der Waals surface area contributed by atoms with E-state index in [0.717, 1.165) is 16.9 Å². The molecule has 2 heterocycles. The normalized spacial score (nSPS) is 12.4. The number of hydrogen-bond donors (Lipinski definition) is 2. The zero-order valence-corrected chi connectivity index (χ0v) is 20.9. The molecule has 9 nitrogen and oxygen atoms in total. The summed E-state index contributed by atoms with van der Waals surface area (Å²) < 4.78 is 29.0. The lowest BCUT2D eigenvalue weighted by atomic mass is 9.99. The van der Waals surface area contributed by atoms with Gasteiger partial charge in [-0.05, 0) is 54.4 Å². The fourth-order valence-electron chi connectivity index (χ4n) is 3.52. The average Bonchev–Trinajstić information content (AvgIpc) is 3.32. The topological polar surface area (TPSA) is 133 Å². The number of aromatic nitrogens is 2. The van der Waals surface area contributed by atoms with Gasteiger partial charge in [-0.2, -0.15) is 0 Å². The van der Waals surface area contributed by atoms with Gasteiger partial charge in [0.05, 0.1) is 29.3 Å². The smallest absolute Gasteiger partial charge is 0.325 e. The van der Waals surface area contributed by atoms with Crippen LogP contribution < -0.4 is 15.4 Å². The Morgan fingerprint density at radius 1 is 1.03 bits per heavy atom. The number of carbonyl (C=O) groups excluding carboxylic acids is 2. The maximum atomic E-state index is 13.3. The summed E-state index contributed by atoms with van der Waals surface area (Å²) in [4.78, 5) is 34.7. The van der Waals surface area contributed by atoms with E-state index in [1.807, 2.05) is 6.92 Å². The molecule has 2 unspecified atom stereocenters. The second kappa shape index (κ2) is 11.2. The molecule has 0 radical (unpaired) electrons. The van der Waals surface area contributed by atoms with Gasteiger partial charge in [-0.15, -0.1) is 11.3 Å². The monoisotopic (exact) mass is 521 g/mol. The highest BCUT2D eigenvalue weighted by Gasteiger charge is 2.22. The molecule has 2 amide bonds. The molecule has 0 spiro atoms. The van der Waals surface area contributed by atoms with Crippen molar-refractivity contribution in [3.05, 3.63) is 100 Å². The Hall–Kier alpha value is -3.93. The molecule has 2 atom stereocenters. The predicted molar refractivity (Wildman–Crippen MR) is 137 cm³/mol. The minimum atomic E-state index is -2.49. The van der Waals surface area contributed by atoms with Crippen LogP contribution in [0.2, 0.25) is 0 Å². The number of methoxy groups -OCH3 is 1. The summed E-state index contributed by atoms with van der Waals surface area (Å²) in [5.41, 5.74) is 2.16. The van der Waals surface area contributed by atoms with Crippen molar-refractivity contribution >= 4 is 45.1 Å². The first-order chi connectivity index (χ1) is 17.4. The van der Waals surface area contributed by atoms with Gasteiger partial charge >= 0.3 is 6.03 Å². The van der Waals surface area contributed by atoms with E-state index in [0.29, 0.717) is 33.1 Å². The van der Waals surface area contributed by atoms with E-state index >= 15 is 0 Å². The van der Waals surface area contributed by atoms with Crippen LogP contribution in [0, 0.1) is 6.92 Å². The zero-order valence-electron chi connectivity index (χ0n) is 19.3. The van der Waals surface area contributed by atoms with E-state index in [9.17, 15) is 18.4 Å². The van der Waals surface area contributed by atoms with Gasteiger partial charge in [-0.25, -0.2) is 9.78 Å². The summed E-state index contributed by atoms with van der Waals surface area (Å²) >= 11 is -1.47. The molecule has 36 heavy (non-hydrogen) atoms. The number of nitrogens with one attached hydrogen (secondary N) is 2. The maximum Gasteiger partial charge on any atom is 0.325 e. The molecule has 0 aliphatic heterocycles. The Balaban J connectivity index is 1.54. The van der Waals surface area contributed by atoms with Crippen LogP contribution in [0.5, 0.6) is 5.75 Å². The van der Waals surface area contributed by atoms with E-state index < -0.39 is 22.4 Å². The van der Waals surface area contributed by atoms with Crippen molar-refractivity contribution in [1.29, 1.82) is 0 Å². The molecule has 2 aromatic heterocycles. The van der Waals surface area contributed by atoms with Gasteiger partial charge < -0.3 is 14.6 Å². The SMILES string of the molecule is COc1ccccc1C(=O)c1cc(C)ccc1NC(=O)Nc1ncc(C(c2ccccn2)S(=O)[O-])s1. The van der Waals surface area contributed by atoms with Gasteiger partial charge in [0.1, 0.15) is 5.75 Å². The van der Waals surface area contributed by atoms with E-state index in [1.54, 1.807) is 60.7 Å². The van der Waals surface area contributed by atoms with Crippen molar-refractivity contribution in [2.75, 3.05) is 17.7 Å². The standard InChI is InChI=1S/C25H22N4O5S2/c1-15-10-11-18(17(13-15)22(30)16-7-3-4-9-20(16)34-2)28-24(31)29-25-27-14-21(35-25)23(36(32)33)19-8-5-6-12-26-19/h3-14,23H,1-2H3,(H,32,33)(H2,27,28,29,31)/p-1. The molecule has 2 aromatic carbocycles. The van der Waals surface area contributed by atoms with Crippen LogP contribution in [-0.2, 0) is 11.1 Å². The number of aryl methyl sites for hydroxylation is 1. The number of carbonyl (C=O) groups is 2. The van der Waals surface area contributed by atoms with Crippen molar-refractivity contribution in [2.24, 2.45) is 0 Å². The molecule has 0 aliphatic carbocycles. The number of nitrogens with zero attached hydrogens (tertiary/aromatic N) is 2. The molecule has 0 fully saturated rings. The zero-order chi connectivity index (χ0) is 25.7. The van der Waals surface area contributed by atoms with Gasteiger partial charge in [0.15, 0.2) is 10.9 Å². The molecule has 11 heteroatoms. The summed E-state index contributed by atoms with van der Waals surface area (Å²) in [6.45, 7) is 1.85. The Morgan fingerprint density at radius 3 is 2.53 bits per heavy atom. The Labute approximate surface area is 213 Å². The molecule has 0 saturated carbocycles. The van der Waals surface area contributed by atoms with Crippen LogP contribution in [0.15, 0.2) is 73.1 Å². The molecular weight excluding hydrogens is 500 g/mol. The number of rotatable bonds is 8. The Bertz CT molecular complexity index is 1420. The lowest BCUT2D eigenvalue weighted by molar-refractivity contribution is 0.103. The third kappa shape index (κ3) is 5.65. The molecule has 0 saturated heterocycles. The van der Waals surface area contributed by atoms with Crippen LogP contribution in [0.1, 0.15) is 37.3 Å². The minimum absolute atomic E-state index is 0.193. The van der Waals surface area contributed by atoms with E-state index in [4.69, 9.17) is 4.74 Å². The number of ether oxygens (including phenoxy) is 1. The van der Waals surface area contributed by atoms with Gasteiger partial charge in [0.2, 0.25) is 0 Å². The maximum absolute atomic E-state index is 13.3. The largest absolute Gasteiger partial charge is 0.772 e. The van der Waals surface area contributed by atoms with Crippen molar-refractivity contribution in [2.45, 2.75) is 12.2 Å². The molecular formula is C25H21N4O5S2-. The number of benzene rings is 2. The molecule has 4 rings (SSSR count). The lowest BCUT2D eigenvalue weighted by Gasteiger charge is -2.17. The second-order valence-electron chi connectivity index (χ2n) is 7.62. The number of amides is 2. The molecule has 0 aliphatic rings. The van der Waals surface area contributed by atoms with Gasteiger partial charge in [0.25, 0.3) is 0 Å². The first-order valence-electron chi connectivity index (χ1n) is 10.7. The number of pyridine rings is 1. The van der Waals surface area contributed by atoms with Crippen LogP contribution in [-0.4, -0.2) is 37.7 Å². The van der Waals surface area contributed by atoms with Crippen LogP contribution in [0.25, 0.3) is 0 Å².